The van der Waals surface area contributed by atoms with Gasteiger partial charge in [0.1, 0.15) is 5.78 Å². The first-order valence-corrected chi connectivity index (χ1v) is 2.06. The van der Waals surface area contributed by atoms with Crippen molar-refractivity contribution in [2.24, 2.45) is 0 Å². The molecular weight excluding hydrogens is 260 g/mol. The normalized spacial score (nSPS) is 7.14. The van der Waals surface area contributed by atoms with E-state index < -0.39 is 0 Å². The summed E-state index contributed by atoms with van der Waals surface area (Å²) in [6, 6.07) is 0. The Labute approximate surface area is 58.7 Å². The molecule has 0 fully saturated rings. The topological polar surface area (TPSA) is 17.1 Å². The molecule has 0 radical (unpaired) electrons. The van der Waals surface area contributed by atoms with Crippen molar-refractivity contribution < 1.29 is 25.9 Å². The van der Waals surface area contributed by atoms with Crippen molar-refractivity contribution in [1.29, 1.82) is 0 Å². The van der Waals surface area contributed by atoms with Crippen molar-refractivity contribution >= 4 is 5.78 Å². The Morgan fingerprint density at radius 3 is 2.14 bits per heavy atom. The SMILES string of the molecule is [CH2-]CCC(C)=O.[W]. The van der Waals surface area contributed by atoms with Crippen LogP contribution in [0.4, 0.5) is 0 Å². The minimum Gasteiger partial charge on any atom is -0.343 e. The molecule has 0 unspecified atom stereocenters. The van der Waals surface area contributed by atoms with Gasteiger partial charge in [0, 0.05) is 21.1 Å². The summed E-state index contributed by atoms with van der Waals surface area (Å²) in [7, 11) is 0. The van der Waals surface area contributed by atoms with Crippen molar-refractivity contribution in [3.63, 3.8) is 0 Å². The summed E-state index contributed by atoms with van der Waals surface area (Å²) in [5.41, 5.74) is 0. The van der Waals surface area contributed by atoms with Gasteiger partial charge in [0.15, 0.2) is 0 Å². The summed E-state index contributed by atoms with van der Waals surface area (Å²) in [5.74, 6) is 0.227. The van der Waals surface area contributed by atoms with Crippen LogP contribution in [0.5, 0.6) is 0 Å². The Kier molecular flexibility index (Phi) is 9.41. The van der Waals surface area contributed by atoms with Crippen LogP contribution >= 0.6 is 0 Å². The third-order valence-electron chi connectivity index (χ3n) is 0.529. The van der Waals surface area contributed by atoms with Crippen LogP contribution in [0.2, 0.25) is 0 Å². The molecule has 0 amide bonds. The molecule has 0 heterocycles. The first-order valence-electron chi connectivity index (χ1n) is 2.06. The minimum atomic E-state index is 0. The van der Waals surface area contributed by atoms with E-state index in [1.807, 2.05) is 0 Å². The summed E-state index contributed by atoms with van der Waals surface area (Å²) < 4.78 is 0. The molecule has 0 rings (SSSR count). The maximum absolute atomic E-state index is 10.0. The predicted molar refractivity (Wildman–Crippen MR) is 25.3 cm³/mol. The van der Waals surface area contributed by atoms with E-state index in [1.54, 1.807) is 6.92 Å². The average molecular weight is 269 g/mol. The molecule has 0 aliphatic carbocycles. The molecule has 0 saturated heterocycles. The first-order chi connectivity index (χ1) is 2.77. The van der Waals surface area contributed by atoms with Gasteiger partial charge < -0.3 is 11.7 Å². The quantitative estimate of drug-likeness (QED) is 0.688. The van der Waals surface area contributed by atoms with E-state index >= 15 is 0 Å². The van der Waals surface area contributed by atoms with Gasteiger partial charge >= 0.3 is 0 Å². The Hall–Kier alpha value is 0.358. The average Bonchev–Trinajstić information content (AvgIpc) is 1.35. The van der Waals surface area contributed by atoms with Crippen LogP contribution < -0.4 is 0 Å². The van der Waals surface area contributed by atoms with Gasteiger partial charge in [-0.05, 0) is 13.3 Å². The summed E-state index contributed by atoms with van der Waals surface area (Å²) >= 11 is 0. The summed E-state index contributed by atoms with van der Waals surface area (Å²) in [5, 5.41) is 0. The number of carbonyl (C=O) groups excluding carboxylic acids is 1. The molecule has 0 atom stereocenters. The fourth-order valence-electron chi connectivity index (χ4n) is 0.249. The second-order valence-corrected chi connectivity index (χ2v) is 1.31. The number of hydrogen-bond acceptors (Lipinski definition) is 1. The zero-order chi connectivity index (χ0) is 4.99. The van der Waals surface area contributed by atoms with Gasteiger partial charge in [0.05, 0.1) is 0 Å². The molecule has 7 heavy (non-hydrogen) atoms. The molecular formula is C5H9OW-. The molecule has 0 N–H and O–H groups in total. The Balaban J connectivity index is 0. The molecule has 2 heteroatoms. The number of carbonyl (C=O) groups is 1. The van der Waals surface area contributed by atoms with Crippen LogP contribution in [-0.4, -0.2) is 5.78 Å². The summed E-state index contributed by atoms with van der Waals surface area (Å²) in [6.45, 7) is 5.08. The minimum absolute atomic E-state index is 0. The van der Waals surface area contributed by atoms with Crippen molar-refractivity contribution in [3.8, 4) is 0 Å². The maximum atomic E-state index is 10.0. The van der Waals surface area contributed by atoms with E-state index in [9.17, 15) is 4.79 Å². The first kappa shape index (κ1) is 10.4. The van der Waals surface area contributed by atoms with Crippen molar-refractivity contribution in [3.05, 3.63) is 6.92 Å². The second kappa shape index (κ2) is 6.36. The molecule has 1 nitrogen and oxygen atoms in total. The van der Waals surface area contributed by atoms with Crippen LogP contribution in [0.15, 0.2) is 0 Å². The van der Waals surface area contributed by atoms with E-state index in [0.29, 0.717) is 6.42 Å². The Morgan fingerprint density at radius 2 is 2.14 bits per heavy atom. The number of Topliss-reactive ketones (excluding diaryl/α,β-unsaturated/α-hetero) is 1. The molecule has 0 aromatic heterocycles. The van der Waals surface area contributed by atoms with Crippen molar-refractivity contribution in [2.45, 2.75) is 19.8 Å². The number of ketones is 1. The molecule has 0 bridgehead atoms. The van der Waals surface area contributed by atoms with Crippen LogP contribution in [-0.2, 0) is 25.9 Å². The van der Waals surface area contributed by atoms with Crippen LogP contribution in [0.3, 0.4) is 0 Å². The largest absolute Gasteiger partial charge is 0.343 e. The Morgan fingerprint density at radius 1 is 1.71 bits per heavy atom. The third kappa shape index (κ3) is 10.7. The fraction of sp³-hybridized carbons (Fsp3) is 0.600. The fourth-order valence-corrected chi connectivity index (χ4v) is 0.249. The molecule has 0 aromatic rings. The number of rotatable bonds is 2. The Bertz CT molecular complexity index is 52.0. The second-order valence-electron chi connectivity index (χ2n) is 1.31. The van der Waals surface area contributed by atoms with Gasteiger partial charge in [-0.15, -0.1) is 0 Å². The van der Waals surface area contributed by atoms with E-state index in [0.717, 1.165) is 6.42 Å². The molecule has 0 aliphatic rings. The van der Waals surface area contributed by atoms with Gasteiger partial charge in [-0.2, -0.15) is 6.42 Å². The van der Waals surface area contributed by atoms with E-state index in [-0.39, 0.29) is 26.8 Å². The third-order valence-corrected chi connectivity index (χ3v) is 0.529. The van der Waals surface area contributed by atoms with Gasteiger partial charge in [0.2, 0.25) is 0 Å². The smallest absolute Gasteiger partial charge is 0.127 e. The van der Waals surface area contributed by atoms with Gasteiger partial charge in [-0.1, -0.05) is 0 Å². The monoisotopic (exact) mass is 269 g/mol. The zero-order valence-electron chi connectivity index (χ0n) is 4.44. The maximum Gasteiger partial charge on any atom is 0.127 e. The van der Waals surface area contributed by atoms with Gasteiger partial charge in [-0.3, -0.25) is 0 Å². The molecule has 0 aliphatic heterocycles. The summed E-state index contributed by atoms with van der Waals surface area (Å²) in [4.78, 5) is 10.0. The molecule has 42 valence electrons. The van der Waals surface area contributed by atoms with Gasteiger partial charge in [-0.25, -0.2) is 0 Å². The number of hydrogen-bond donors (Lipinski definition) is 0. The zero-order valence-corrected chi connectivity index (χ0v) is 7.37. The summed E-state index contributed by atoms with van der Waals surface area (Å²) in [6.07, 6.45) is 1.36. The predicted octanol–water partition coefficient (Wildman–Crippen LogP) is 1.19. The molecule has 0 spiro atoms. The van der Waals surface area contributed by atoms with Crippen molar-refractivity contribution in [1.82, 2.24) is 0 Å². The van der Waals surface area contributed by atoms with Gasteiger partial charge in [0.25, 0.3) is 0 Å². The van der Waals surface area contributed by atoms with E-state index in [1.165, 1.54) is 0 Å². The molecule has 0 aromatic carbocycles. The van der Waals surface area contributed by atoms with Crippen LogP contribution in [0.25, 0.3) is 0 Å². The standard InChI is InChI=1S/C5H9O.W/c1-3-4-5(2)6;/h1,3-4H2,2H3;/q-1;. The molecule has 0 saturated carbocycles. The van der Waals surface area contributed by atoms with E-state index in [4.69, 9.17) is 0 Å². The van der Waals surface area contributed by atoms with Crippen LogP contribution in [0, 0.1) is 6.92 Å². The van der Waals surface area contributed by atoms with Crippen molar-refractivity contribution in [2.75, 3.05) is 0 Å². The van der Waals surface area contributed by atoms with Crippen LogP contribution in [0.1, 0.15) is 19.8 Å². The van der Waals surface area contributed by atoms with E-state index in [2.05, 4.69) is 6.92 Å².